The molecule has 5 nitrogen and oxygen atoms in total. The molecule has 5 rings (SSSR count). The van der Waals surface area contributed by atoms with Crippen LogP contribution in [0.2, 0.25) is 0 Å². The predicted octanol–water partition coefficient (Wildman–Crippen LogP) is 6.91. The first-order valence-electron chi connectivity index (χ1n) is 11.4. The van der Waals surface area contributed by atoms with E-state index in [2.05, 4.69) is 27.6 Å². The number of cyclic esters (lactones) is 1. The molecule has 0 amide bonds. The lowest BCUT2D eigenvalue weighted by atomic mass is 10.1. The average Bonchev–Trinajstić information content (AvgIpc) is 3.24. The quantitative estimate of drug-likeness (QED) is 0.133. The van der Waals surface area contributed by atoms with E-state index < -0.39 is 5.97 Å². The Bertz CT molecular complexity index is 1510. The Hall–Kier alpha value is -3.72. The maximum Gasteiger partial charge on any atom is 0.363 e. The zero-order valence-electron chi connectivity index (χ0n) is 19.3. The summed E-state index contributed by atoms with van der Waals surface area (Å²) in [6, 6.07) is 23.6. The summed E-state index contributed by atoms with van der Waals surface area (Å²) in [4.78, 5) is 17.0. The average molecular weight is 593 g/mol. The number of carbonyl (C=O) groups excluding carboxylic acids is 1. The van der Waals surface area contributed by atoms with Gasteiger partial charge in [0.15, 0.2) is 17.2 Å². The maximum absolute atomic E-state index is 13.2. The van der Waals surface area contributed by atoms with E-state index in [4.69, 9.17) is 14.2 Å². The third kappa shape index (κ3) is 5.26. The van der Waals surface area contributed by atoms with Crippen LogP contribution >= 0.6 is 22.6 Å². The minimum Gasteiger partial charge on any atom is -0.490 e. The zero-order chi connectivity index (χ0) is 25.1. The Morgan fingerprint density at radius 1 is 0.972 bits per heavy atom. The van der Waals surface area contributed by atoms with Gasteiger partial charge in [0.2, 0.25) is 5.90 Å². The lowest BCUT2D eigenvalue weighted by Crippen LogP contribution is -2.05. The van der Waals surface area contributed by atoms with Crippen LogP contribution < -0.4 is 9.47 Å². The van der Waals surface area contributed by atoms with Gasteiger partial charge in [-0.25, -0.2) is 14.2 Å². The van der Waals surface area contributed by atoms with Crippen LogP contribution in [-0.4, -0.2) is 18.5 Å². The summed E-state index contributed by atoms with van der Waals surface area (Å²) in [5.41, 5.74) is 2.51. The van der Waals surface area contributed by atoms with Gasteiger partial charge in [-0.1, -0.05) is 42.5 Å². The van der Waals surface area contributed by atoms with Gasteiger partial charge in [-0.05, 0) is 93.9 Å². The molecule has 0 saturated heterocycles. The van der Waals surface area contributed by atoms with Gasteiger partial charge in [-0.3, -0.25) is 0 Å². The van der Waals surface area contributed by atoms with Gasteiger partial charge >= 0.3 is 5.97 Å². The molecular weight excluding hydrogens is 572 g/mol. The largest absolute Gasteiger partial charge is 0.490 e. The number of halogens is 2. The van der Waals surface area contributed by atoms with Crippen molar-refractivity contribution in [1.82, 2.24) is 0 Å². The standard InChI is InChI=1S/C29H21FINO4/c1-2-34-26-15-19(13-24(31)27(26)35-17-18-7-11-23(30)12-8-18)14-25-29(33)36-28(32-25)22-10-9-20-5-3-4-6-21(20)16-22/h3-16H,2,17H2,1H3/b25-14-. The molecule has 4 aromatic carbocycles. The van der Waals surface area contributed by atoms with Crippen LogP contribution in [0.15, 0.2) is 89.6 Å². The van der Waals surface area contributed by atoms with Crippen molar-refractivity contribution in [3.05, 3.63) is 111 Å². The van der Waals surface area contributed by atoms with Crippen molar-refractivity contribution in [3.63, 3.8) is 0 Å². The number of benzene rings is 4. The Morgan fingerprint density at radius 2 is 1.75 bits per heavy atom. The van der Waals surface area contributed by atoms with E-state index in [9.17, 15) is 9.18 Å². The van der Waals surface area contributed by atoms with Crippen LogP contribution in [0.25, 0.3) is 16.8 Å². The summed E-state index contributed by atoms with van der Waals surface area (Å²) in [7, 11) is 0. The van der Waals surface area contributed by atoms with Crippen LogP contribution in [-0.2, 0) is 16.1 Å². The molecule has 0 radical (unpaired) electrons. The van der Waals surface area contributed by atoms with Gasteiger partial charge < -0.3 is 14.2 Å². The lowest BCUT2D eigenvalue weighted by molar-refractivity contribution is -0.129. The maximum atomic E-state index is 13.2. The number of hydrogen-bond donors (Lipinski definition) is 0. The molecule has 1 heterocycles. The van der Waals surface area contributed by atoms with E-state index >= 15 is 0 Å². The smallest absolute Gasteiger partial charge is 0.363 e. The molecule has 0 bridgehead atoms. The number of ether oxygens (including phenoxy) is 3. The molecule has 7 heteroatoms. The first-order valence-corrected chi connectivity index (χ1v) is 12.4. The summed E-state index contributed by atoms with van der Waals surface area (Å²) < 4.78 is 31.3. The fourth-order valence-corrected chi connectivity index (χ4v) is 4.60. The van der Waals surface area contributed by atoms with Crippen molar-refractivity contribution in [1.29, 1.82) is 0 Å². The molecule has 180 valence electrons. The zero-order valence-corrected chi connectivity index (χ0v) is 21.5. The molecular formula is C29H21FINO4. The predicted molar refractivity (Wildman–Crippen MR) is 146 cm³/mol. The van der Waals surface area contributed by atoms with E-state index in [1.165, 1.54) is 12.1 Å². The number of carbonyl (C=O) groups is 1. The number of fused-ring (bicyclic) bond motifs is 1. The molecule has 4 aromatic rings. The monoisotopic (exact) mass is 593 g/mol. The highest BCUT2D eigenvalue weighted by Gasteiger charge is 2.25. The van der Waals surface area contributed by atoms with Gasteiger partial charge in [0.05, 0.1) is 10.2 Å². The number of aliphatic imine (C=N–C) groups is 1. The van der Waals surface area contributed by atoms with Crippen LogP contribution in [0.1, 0.15) is 23.6 Å². The van der Waals surface area contributed by atoms with E-state index in [0.717, 1.165) is 31.0 Å². The van der Waals surface area contributed by atoms with E-state index in [-0.39, 0.29) is 24.0 Å². The highest BCUT2D eigenvalue weighted by molar-refractivity contribution is 14.1. The Morgan fingerprint density at radius 3 is 2.53 bits per heavy atom. The summed E-state index contributed by atoms with van der Waals surface area (Å²) in [6.45, 7) is 2.59. The van der Waals surface area contributed by atoms with E-state index in [1.807, 2.05) is 55.5 Å². The van der Waals surface area contributed by atoms with Gasteiger partial charge in [-0.15, -0.1) is 0 Å². The van der Waals surface area contributed by atoms with Crippen LogP contribution in [0.3, 0.4) is 0 Å². The second-order valence-corrected chi connectivity index (χ2v) is 9.24. The third-order valence-corrected chi connectivity index (χ3v) is 6.35. The molecule has 0 fully saturated rings. The van der Waals surface area contributed by atoms with E-state index in [0.29, 0.717) is 18.1 Å². The molecule has 1 aliphatic heterocycles. The molecule has 0 saturated carbocycles. The Labute approximate surface area is 221 Å². The molecule has 1 aliphatic rings. The number of nitrogens with zero attached hydrogens (tertiary/aromatic N) is 1. The first kappa shape index (κ1) is 24.0. The topological polar surface area (TPSA) is 57.1 Å². The molecule has 0 aromatic heterocycles. The van der Waals surface area contributed by atoms with Crippen molar-refractivity contribution < 1.29 is 23.4 Å². The van der Waals surface area contributed by atoms with E-state index in [1.54, 1.807) is 24.3 Å². The summed E-state index contributed by atoms with van der Waals surface area (Å²) in [6.07, 6.45) is 1.67. The van der Waals surface area contributed by atoms with Crippen molar-refractivity contribution in [2.75, 3.05) is 6.61 Å². The number of esters is 1. The van der Waals surface area contributed by atoms with Crippen LogP contribution in [0.4, 0.5) is 4.39 Å². The van der Waals surface area contributed by atoms with Gasteiger partial charge in [0.1, 0.15) is 12.4 Å². The fourth-order valence-electron chi connectivity index (χ4n) is 3.82. The van der Waals surface area contributed by atoms with Crippen LogP contribution in [0.5, 0.6) is 11.5 Å². The van der Waals surface area contributed by atoms with Gasteiger partial charge in [-0.2, -0.15) is 0 Å². The summed E-state index contributed by atoms with van der Waals surface area (Å²) >= 11 is 2.17. The molecule has 36 heavy (non-hydrogen) atoms. The minimum absolute atomic E-state index is 0.205. The van der Waals surface area contributed by atoms with Crippen molar-refractivity contribution >= 4 is 51.3 Å². The second-order valence-electron chi connectivity index (χ2n) is 8.08. The van der Waals surface area contributed by atoms with Gasteiger partial charge in [0.25, 0.3) is 0 Å². The Balaban J connectivity index is 1.42. The minimum atomic E-state index is -0.511. The molecule has 0 spiro atoms. The van der Waals surface area contributed by atoms with Crippen molar-refractivity contribution in [2.45, 2.75) is 13.5 Å². The summed E-state index contributed by atoms with van der Waals surface area (Å²) in [5.74, 6) is 0.595. The molecule has 0 atom stereocenters. The molecule has 0 N–H and O–H groups in total. The van der Waals surface area contributed by atoms with Crippen LogP contribution in [0, 0.1) is 9.39 Å². The highest BCUT2D eigenvalue weighted by Crippen LogP contribution is 2.36. The third-order valence-electron chi connectivity index (χ3n) is 5.55. The van der Waals surface area contributed by atoms with Crippen molar-refractivity contribution in [3.8, 4) is 11.5 Å². The highest BCUT2D eigenvalue weighted by atomic mass is 127. The SMILES string of the molecule is CCOc1cc(/C=C2\N=C(c3ccc4ccccc4c3)OC2=O)cc(I)c1OCc1ccc(F)cc1. The fraction of sp³-hybridized carbons (Fsp3) is 0.103. The summed E-state index contributed by atoms with van der Waals surface area (Å²) in [5, 5.41) is 2.14. The van der Waals surface area contributed by atoms with Crippen molar-refractivity contribution in [2.24, 2.45) is 4.99 Å². The Kier molecular flexibility index (Phi) is 6.99. The normalized spacial score (nSPS) is 14.1. The second kappa shape index (κ2) is 10.5. The molecule has 0 unspecified atom stereocenters. The first-order chi connectivity index (χ1) is 17.5. The van der Waals surface area contributed by atoms with Gasteiger partial charge in [0, 0.05) is 5.56 Å². The number of rotatable bonds is 7. The number of hydrogen-bond acceptors (Lipinski definition) is 5. The molecule has 0 aliphatic carbocycles. The lowest BCUT2D eigenvalue weighted by Gasteiger charge is -2.15.